The Balaban J connectivity index is 3.19. The third kappa shape index (κ3) is 1.50. The molecular weight excluding hydrogens is 160 g/mol. The summed E-state index contributed by atoms with van der Waals surface area (Å²) in [4.78, 5) is 21.9. The Labute approximate surface area is 68.4 Å². The van der Waals surface area contributed by atoms with Gasteiger partial charge < -0.3 is 4.74 Å². The van der Waals surface area contributed by atoms with Crippen LogP contribution in [0.1, 0.15) is 16.2 Å². The molecule has 0 amide bonds. The molecule has 0 spiro atoms. The molecule has 1 N–H and O–H groups in total. The summed E-state index contributed by atoms with van der Waals surface area (Å²) in [6.45, 7) is 1.68. The lowest BCUT2D eigenvalue weighted by molar-refractivity contribution is 0.0591. The molecule has 1 aromatic heterocycles. The average Bonchev–Trinajstić information content (AvgIpc) is 2.03. The smallest absolute Gasteiger partial charge is 0.362 e. The molecule has 0 atom stereocenters. The number of aryl methyl sites for hydroxylation is 1. The van der Waals surface area contributed by atoms with Gasteiger partial charge in [0.25, 0.3) is 0 Å². The van der Waals surface area contributed by atoms with Gasteiger partial charge in [0.05, 0.1) is 7.11 Å². The van der Waals surface area contributed by atoms with Crippen molar-refractivity contribution in [2.45, 2.75) is 6.92 Å². The zero-order valence-electron chi connectivity index (χ0n) is 6.75. The lowest BCUT2D eigenvalue weighted by Crippen LogP contribution is -2.19. The molecule has 0 unspecified atom stereocenters. The number of rotatable bonds is 1. The summed E-state index contributed by atoms with van der Waals surface area (Å²) in [7, 11) is 1.20. The Bertz CT molecular complexity index is 356. The number of nitrogens with zero attached hydrogens (tertiary/aromatic N) is 1. The Kier molecular flexibility index (Phi) is 2.23. The van der Waals surface area contributed by atoms with Crippen molar-refractivity contribution in [1.82, 2.24) is 10.2 Å². The van der Waals surface area contributed by atoms with E-state index in [1.807, 2.05) is 0 Å². The van der Waals surface area contributed by atoms with Gasteiger partial charge in [0.2, 0.25) is 11.1 Å². The van der Waals surface area contributed by atoms with E-state index in [0.717, 1.165) is 0 Å². The first-order valence-electron chi connectivity index (χ1n) is 3.30. The van der Waals surface area contributed by atoms with E-state index in [1.54, 1.807) is 6.92 Å². The third-order valence-electron chi connectivity index (χ3n) is 1.30. The summed E-state index contributed by atoms with van der Waals surface area (Å²) < 4.78 is 4.34. The van der Waals surface area contributed by atoms with Gasteiger partial charge >= 0.3 is 5.97 Å². The van der Waals surface area contributed by atoms with E-state index in [4.69, 9.17) is 0 Å². The zero-order valence-corrected chi connectivity index (χ0v) is 6.75. The van der Waals surface area contributed by atoms with Crippen LogP contribution in [0.4, 0.5) is 0 Å². The lowest BCUT2D eigenvalue weighted by atomic mass is 10.3. The molecule has 5 nitrogen and oxygen atoms in total. The number of hydrogen-bond acceptors (Lipinski definition) is 4. The van der Waals surface area contributed by atoms with Crippen molar-refractivity contribution < 1.29 is 9.53 Å². The summed E-state index contributed by atoms with van der Waals surface area (Å²) in [6, 6.07) is 1.29. The Hall–Kier alpha value is -1.65. The molecule has 0 fully saturated rings. The molecule has 64 valence electrons. The van der Waals surface area contributed by atoms with Crippen molar-refractivity contribution in [2.75, 3.05) is 7.11 Å². The quantitative estimate of drug-likeness (QED) is 0.592. The average molecular weight is 168 g/mol. The number of H-pyrrole nitrogens is 1. The molecule has 0 saturated heterocycles. The van der Waals surface area contributed by atoms with Gasteiger partial charge in [0, 0.05) is 11.8 Å². The van der Waals surface area contributed by atoms with Crippen LogP contribution in [0.25, 0.3) is 0 Å². The maximum Gasteiger partial charge on any atom is 0.362 e. The molecule has 0 aromatic carbocycles. The minimum atomic E-state index is -0.726. The molecule has 0 saturated carbocycles. The van der Waals surface area contributed by atoms with Gasteiger partial charge in [0.1, 0.15) is 0 Å². The van der Waals surface area contributed by atoms with E-state index in [0.29, 0.717) is 5.69 Å². The SMILES string of the molecule is COC(=O)c1n[nH]c(C)cc1=O. The number of nitrogens with one attached hydrogen (secondary N) is 1. The van der Waals surface area contributed by atoms with Crippen LogP contribution in [-0.2, 0) is 4.74 Å². The third-order valence-corrected chi connectivity index (χ3v) is 1.30. The molecule has 0 aliphatic rings. The van der Waals surface area contributed by atoms with Crippen molar-refractivity contribution in [1.29, 1.82) is 0 Å². The van der Waals surface area contributed by atoms with Crippen LogP contribution in [0.5, 0.6) is 0 Å². The van der Waals surface area contributed by atoms with E-state index in [2.05, 4.69) is 14.9 Å². The van der Waals surface area contributed by atoms with Gasteiger partial charge in [-0.2, -0.15) is 5.10 Å². The molecule has 5 heteroatoms. The first kappa shape index (κ1) is 8.45. The highest BCUT2D eigenvalue weighted by Crippen LogP contribution is 1.89. The topological polar surface area (TPSA) is 72.0 Å². The number of carbonyl (C=O) groups excluding carboxylic acids is 1. The van der Waals surface area contributed by atoms with Gasteiger partial charge in [0.15, 0.2) is 0 Å². The van der Waals surface area contributed by atoms with Crippen molar-refractivity contribution in [3.8, 4) is 0 Å². The molecule has 1 heterocycles. The number of esters is 1. The largest absolute Gasteiger partial charge is 0.464 e. The first-order chi connectivity index (χ1) is 5.65. The number of aromatic nitrogens is 2. The van der Waals surface area contributed by atoms with E-state index < -0.39 is 11.4 Å². The highest BCUT2D eigenvalue weighted by Gasteiger charge is 2.11. The second-order valence-electron chi connectivity index (χ2n) is 2.26. The molecule has 0 radical (unpaired) electrons. The Morgan fingerprint density at radius 3 is 2.83 bits per heavy atom. The van der Waals surface area contributed by atoms with E-state index in [1.165, 1.54) is 13.2 Å². The minimum absolute atomic E-state index is 0.219. The fourth-order valence-electron chi connectivity index (χ4n) is 0.739. The van der Waals surface area contributed by atoms with Crippen LogP contribution >= 0.6 is 0 Å². The summed E-state index contributed by atoms with van der Waals surface area (Å²) >= 11 is 0. The standard InChI is InChI=1S/C7H8N2O3/c1-4-3-5(10)6(9-8-4)7(11)12-2/h3H,1-2H3,(H,8,10). The van der Waals surface area contributed by atoms with Crippen LogP contribution in [0.15, 0.2) is 10.9 Å². The molecule has 0 bridgehead atoms. The maximum absolute atomic E-state index is 11.1. The van der Waals surface area contributed by atoms with E-state index in [-0.39, 0.29) is 5.69 Å². The second kappa shape index (κ2) is 3.17. The number of aromatic amines is 1. The van der Waals surface area contributed by atoms with Gasteiger partial charge in [-0.15, -0.1) is 0 Å². The predicted molar refractivity (Wildman–Crippen MR) is 40.9 cm³/mol. The molecule has 0 aliphatic heterocycles. The van der Waals surface area contributed by atoms with Gasteiger partial charge in [-0.05, 0) is 6.92 Å². The van der Waals surface area contributed by atoms with E-state index in [9.17, 15) is 9.59 Å². The number of hydrogen-bond donors (Lipinski definition) is 1. The molecule has 0 aliphatic carbocycles. The van der Waals surface area contributed by atoms with Gasteiger partial charge in [-0.25, -0.2) is 4.79 Å². The predicted octanol–water partition coefficient (Wildman–Crippen LogP) is -0.135. The van der Waals surface area contributed by atoms with Crippen molar-refractivity contribution >= 4 is 5.97 Å². The van der Waals surface area contributed by atoms with Gasteiger partial charge in [-0.1, -0.05) is 0 Å². The molecule has 1 aromatic rings. The van der Waals surface area contributed by atoms with Crippen molar-refractivity contribution in [3.05, 3.63) is 27.7 Å². The highest BCUT2D eigenvalue weighted by molar-refractivity contribution is 5.86. The van der Waals surface area contributed by atoms with Crippen molar-refractivity contribution in [2.24, 2.45) is 0 Å². The minimum Gasteiger partial charge on any atom is -0.464 e. The molecule has 12 heavy (non-hydrogen) atoms. The number of ether oxygens (including phenoxy) is 1. The number of methoxy groups -OCH3 is 1. The molecular formula is C7H8N2O3. The fraction of sp³-hybridized carbons (Fsp3) is 0.286. The lowest BCUT2D eigenvalue weighted by Gasteiger charge is -1.96. The Morgan fingerprint density at radius 2 is 2.33 bits per heavy atom. The monoisotopic (exact) mass is 168 g/mol. The van der Waals surface area contributed by atoms with Crippen LogP contribution in [-0.4, -0.2) is 23.3 Å². The fourth-order valence-corrected chi connectivity index (χ4v) is 0.739. The van der Waals surface area contributed by atoms with Crippen LogP contribution in [0.2, 0.25) is 0 Å². The molecule has 1 rings (SSSR count). The summed E-state index contributed by atoms with van der Waals surface area (Å²) in [5.74, 6) is -0.726. The maximum atomic E-state index is 11.1. The summed E-state index contributed by atoms with van der Waals surface area (Å²) in [5, 5.41) is 6.04. The Morgan fingerprint density at radius 1 is 1.67 bits per heavy atom. The van der Waals surface area contributed by atoms with Crippen molar-refractivity contribution in [3.63, 3.8) is 0 Å². The zero-order chi connectivity index (χ0) is 9.14. The summed E-state index contributed by atoms with van der Waals surface area (Å²) in [6.07, 6.45) is 0. The second-order valence-corrected chi connectivity index (χ2v) is 2.26. The van der Waals surface area contributed by atoms with Crippen LogP contribution in [0, 0.1) is 6.92 Å². The first-order valence-corrected chi connectivity index (χ1v) is 3.30. The van der Waals surface area contributed by atoms with E-state index >= 15 is 0 Å². The normalized spacial score (nSPS) is 9.50. The van der Waals surface area contributed by atoms with Gasteiger partial charge in [-0.3, -0.25) is 9.89 Å². The highest BCUT2D eigenvalue weighted by atomic mass is 16.5. The van der Waals surface area contributed by atoms with Crippen LogP contribution < -0.4 is 5.43 Å². The number of carbonyl (C=O) groups is 1. The van der Waals surface area contributed by atoms with Crippen LogP contribution in [0.3, 0.4) is 0 Å². The summed E-state index contributed by atoms with van der Waals surface area (Å²) in [5.41, 5.74) is -0.0474.